The van der Waals surface area contributed by atoms with Crippen LogP contribution in [0.3, 0.4) is 0 Å². The third-order valence-electron chi connectivity index (χ3n) is 4.24. The van der Waals surface area contributed by atoms with Crippen molar-refractivity contribution in [2.45, 2.75) is 51.0 Å². The topological polar surface area (TPSA) is 49.4 Å². The quantitative estimate of drug-likeness (QED) is 0.839. The zero-order chi connectivity index (χ0) is 16.2. The third-order valence-corrected chi connectivity index (χ3v) is 5.68. The highest BCUT2D eigenvalue weighted by molar-refractivity contribution is 7.89. The fourth-order valence-corrected chi connectivity index (χ4v) is 4.09. The van der Waals surface area contributed by atoms with E-state index in [1.807, 2.05) is 19.1 Å². The van der Waals surface area contributed by atoms with Crippen molar-refractivity contribution in [1.82, 2.24) is 9.62 Å². The van der Waals surface area contributed by atoms with Crippen LogP contribution in [0.1, 0.15) is 38.7 Å². The molecule has 0 aliphatic carbocycles. The largest absolute Gasteiger partial charge is 0.299 e. The summed E-state index contributed by atoms with van der Waals surface area (Å²) in [6.07, 6.45) is 3.47. The highest BCUT2D eigenvalue weighted by atomic mass is 32.2. The van der Waals surface area contributed by atoms with E-state index in [0.717, 1.165) is 25.1 Å². The molecular formula is C17H28N2O2S. The summed E-state index contributed by atoms with van der Waals surface area (Å²) in [5.41, 5.74) is 1.06. The van der Waals surface area contributed by atoms with Gasteiger partial charge in [-0.05, 0) is 57.3 Å². The number of nitrogens with one attached hydrogen (secondary N) is 1. The molecule has 5 heteroatoms. The Morgan fingerprint density at radius 1 is 1.14 bits per heavy atom. The molecule has 22 heavy (non-hydrogen) atoms. The normalized spacial score (nSPS) is 18.0. The van der Waals surface area contributed by atoms with Crippen LogP contribution in [0.2, 0.25) is 0 Å². The van der Waals surface area contributed by atoms with E-state index in [1.165, 1.54) is 12.8 Å². The van der Waals surface area contributed by atoms with E-state index in [0.29, 0.717) is 23.4 Å². The minimum atomic E-state index is -3.41. The molecule has 1 atom stereocenters. The smallest absolute Gasteiger partial charge is 0.240 e. The summed E-state index contributed by atoms with van der Waals surface area (Å²) >= 11 is 0. The Kier molecular flexibility index (Phi) is 6.01. The second kappa shape index (κ2) is 7.57. The van der Waals surface area contributed by atoms with Crippen LogP contribution in [0.4, 0.5) is 0 Å². The van der Waals surface area contributed by atoms with Gasteiger partial charge in [0.1, 0.15) is 0 Å². The number of hydrogen-bond donors (Lipinski definition) is 1. The maximum absolute atomic E-state index is 12.4. The predicted molar refractivity (Wildman–Crippen MR) is 90.4 cm³/mol. The summed E-state index contributed by atoms with van der Waals surface area (Å²) in [5, 5.41) is 0. The van der Waals surface area contributed by atoms with Gasteiger partial charge in [-0.2, -0.15) is 0 Å². The zero-order valence-electron chi connectivity index (χ0n) is 13.9. The van der Waals surface area contributed by atoms with Crippen LogP contribution in [-0.4, -0.2) is 39.0 Å². The standard InChI is InChI=1S/C17H28N2O2S/c1-14(2)12-16(19-10-4-5-11-19)13-18-22(20,21)17-8-6-15(3)7-9-17/h6-9,14,16,18H,4-5,10-13H2,1-3H3. The Morgan fingerprint density at radius 2 is 1.73 bits per heavy atom. The molecule has 0 saturated carbocycles. The molecule has 1 aromatic carbocycles. The maximum Gasteiger partial charge on any atom is 0.240 e. The first-order chi connectivity index (χ1) is 10.4. The van der Waals surface area contributed by atoms with Crippen LogP contribution in [0.15, 0.2) is 29.2 Å². The first-order valence-electron chi connectivity index (χ1n) is 8.19. The Labute approximate surface area is 135 Å². The molecule has 1 aliphatic rings. The summed E-state index contributed by atoms with van der Waals surface area (Å²) in [7, 11) is -3.41. The number of likely N-dealkylation sites (tertiary alicyclic amines) is 1. The van der Waals surface area contributed by atoms with E-state index < -0.39 is 10.0 Å². The number of nitrogens with zero attached hydrogens (tertiary/aromatic N) is 1. The van der Waals surface area contributed by atoms with Gasteiger partial charge in [0, 0.05) is 12.6 Å². The van der Waals surface area contributed by atoms with Gasteiger partial charge < -0.3 is 0 Å². The van der Waals surface area contributed by atoms with Gasteiger partial charge in [-0.3, -0.25) is 4.90 Å². The lowest BCUT2D eigenvalue weighted by molar-refractivity contribution is 0.214. The van der Waals surface area contributed by atoms with Crippen molar-refractivity contribution in [3.63, 3.8) is 0 Å². The second-order valence-electron chi connectivity index (χ2n) is 6.69. The van der Waals surface area contributed by atoms with Crippen LogP contribution in [0, 0.1) is 12.8 Å². The van der Waals surface area contributed by atoms with Gasteiger partial charge in [-0.25, -0.2) is 13.1 Å². The third kappa shape index (κ3) is 4.80. The van der Waals surface area contributed by atoms with Crippen molar-refractivity contribution in [2.75, 3.05) is 19.6 Å². The molecule has 1 saturated heterocycles. The van der Waals surface area contributed by atoms with Gasteiger partial charge in [-0.15, -0.1) is 0 Å². The molecule has 2 rings (SSSR count). The molecule has 1 aromatic rings. The average molecular weight is 324 g/mol. The summed E-state index contributed by atoms with van der Waals surface area (Å²) < 4.78 is 27.6. The fourth-order valence-electron chi connectivity index (χ4n) is 3.02. The fraction of sp³-hybridized carbons (Fsp3) is 0.647. The van der Waals surface area contributed by atoms with Gasteiger partial charge in [0.2, 0.25) is 10.0 Å². The number of benzene rings is 1. The van der Waals surface area contributed by atoms with Crippen molar-refractivity contribution < 1.29 is 8.42 Å². The maximum atomic E-state index is 12.4. The first kappa shape index (κ1) is 17.4. The lowest BCUT2D eigenvalue weighted by atomic mass is 10.0. The van der Waals surface area contributed by atoms with Crippen LogP contribution in [0.5, 0.6) is 0 Å². The van der Waals surface area contributed by atoms with Crippen LogP contribution < -0.4 is 4.72 Å². The van der Waals surface area contributed by atoms with Crippen molar-refractivity contribution in [3.05, 3.63) is 29.8 Å². The zero-order valence-corrected chi connectivity index (χ0v) is 14.7. The van der Waals surface area contributed by atoms with E-state index in [9.17, 15) is 8.42 Å². The number of sulfonamides is 1. The average Bonchev–Trinajstić information content (AvgIpc) is 2.97. The number of hydrogen-bond acceptors (Lipinski definition) is 3. The minimum absolute atomic E-state index is 0.294. The Bertz CT molecular complexity index is 561. The minimum Gasteiger partial charge on any atom is -0.299 e. The highest BCUT2D eigenvalue weighted by Crippen LogP contribution is 2.18. The molecule has 1 unspecified atom stereocenters. The monoisotopic (exact) mass is 324 g/mol. The van der Waals surface area contributed by atoms with E-state index >= 15 is 0 Å². The molecule has 0 radical (unpaired) electrons. The Balaban J connectivity index is 2.02. The molecule has 0 aromatic heterocycles. The molecule has 1 fully saturated rings. The van der Waals surface area contributed by atoms with Crippen molar-refractivity contribution in [1.29, 1.82) is 0 Å². The van der Waals surface area contributed by atoms with E-state index in [-0.39, 0.29) is 0 Å². The summed E-state index contributed by atoms with van der Waals surface area (Å²) in [5.74, 6) is 0.564. The van der Waals surface area contributed by atoms with Crippen molar-refractivity contribution in [2.24, 2.45) is 5.92 Å². The van der Waals surface area contributed by atoms with Gasteiger partial charge >= 0.3 is 0 Å². The predicted octanol–water partition coefficient (Wildman–Crippen LogP) is 2.78. The summed E-state index contributed by atoms with van der Waals surface area (Å²) in [6.45, 7) is 9.01. The van der Waals surface area contributed by atoms with Crippen LogP contribution >= 0.6 is 0 Å². The second-order valence-corrected chi connectivity index (χ2v) is 8.46. The summed E-state index contributed by atoms with van der Waals surface area (Å²) in [6, 6.07) is 7.31. The first-order valence-corrected chi connectivity index (χ1v) is 9.67. The molecular weight excluding hydrogens is 296 g/mol. The van der Waals surface area contributed by atoms with E-state index in [4.69, 9.17) is 0 Å². The Morgan fingerprint density at radius 3 is 2.27 bits per heavy atom. The van der Waals surface area contributed by atoms with E-state index in [2.05, 4.69) is 23.5 Å². The number of aryl methyl sites for hydroxylation is 1. The van der Waals surface area contributed by atoms with Crippen LogP contribution in [0.25, 0.3) is 0 Å². The number of rotatable bonds is 7. The van der Waals surface area contributed by atoms with Crippen molar-refractivity contribution in [3.8, 4) is 0 Å². The van der Waals surface area contributed by atoms with Crippen molar-refractivity contribution >= 4 is 10.0 Å². The van der Waals surface area contributed by atoms with Gasteiger partial charge in [0.15, 0.2) is 0 Å². The molecule has 4 nitrogen and oxygen atoms in total. The van der Waals surface area contributed by atoms with Gasteiger partial charge in [-0.1, -0.05) is 31.5 Å². The lowest BCUT2D eigenvalue weighted by Crippen LogP contribution is -2.43. The van der Waals surface area contributed by atoms with Gasteiger partial charge in [0.25, 0.3) is 0 Å². The van der Waals surface area contributed by atoms with E-state index in [1.54, 1.807) is 12.1 Å². The highest BCUT2D eigenvalue weighted by Gasteiger charge is 2.24. The molecule has 1 aliphatic heterocycles. The molecule has 0 spiro atoms. The summed E-state index contributed by atoms with van der Waals surface area (Å²) in [4.78, 5) is 2.78. The lowest BCUT2D eigenvalue weighted by Gasteiger charge is -2.29. The van der Waals surface area contributed by atoms with Crippen LogP contribution in [-0.2, 0) is 10.0 Å². The molecule has 1 heterocycles. The molecule has 0 bridgehead atoms. The molecule has 1 N–H and O–H groups in total. The molecule has 0 amide bonds. The SMILES string of the molecule is Cc1ccc(S(=O)(=O)NCC(CC(C)C)N2CCCC2)cc1. The van der Waals surface area contributed by atoms with Gasteiger partial charge in [0.05, 0.1) is 4.90 Å². The molecule has 124 valence electrons. The Hall–Kier alpha value is -0.910.